The number of rotatable bonds is 3. The highest BCUT2D eigenvalue weighted by Crippen LogP contribution is 2.24. The van der Waals surface area contributed by atoms with Crippen molar-refractivity contribution in [2.24, 2.45) is 0 Å². The first-order valence-electron chi connectivity index (χ1n) is 6.12. The second-order valence-corrected chi connectivity index (χ2v) is 4.78. The van der Waals surface area contributed by atoms with Crippen LogP contribution in [-0.2, 0) is 6.54 Å². The van der Waals surface area contributed by atoms with Gasteiger partial charge in [-0.25, -0.2) is 4.98 Å². The summed E-state index contributed by atoms with van der Waals surface area (Å²) in [5.41, 5.74) is 3.35. The fourth-order valence-corrected chi connectivity index (χ4v) is 2.32. The van der Waals surface area contributed by atoms with E-state index in [0.29, 0.717) is 17.1 Å². The fourth-order valence-electron chi connectivity index (χ4n) is 2.08. The number of nitrogens with one attached hydrogen (secondary N) is 2. The van der Waals surface area contributed by atoms with E-state index < -0.39 is 0 Å². The van der Waals surface area contributed by atoms with Crippen LogP contribution in [0.3, 0.4) is 0 Å². The normalized spacial score (nSPS) is 10.4. The second-order valence-electron chi connectivity index (χ2n) is 4.37. The van der Waals surface area contributed by atoms with Crippen molar-refractivity contribution in [3.63, 3.8) is 0 Å². The zero-order chi connectivity index (χ0) is 13.9. The summed E-state index contributed by atoms with van der Waals surface area (Å²) in [4.78, 5) is 7.38. The third-order valence-electron chi connectivity index (χ3n) is 3.10. The number of aromatic amines is 1. The van der Waals surface area contributed by atoms with Crippen LogP contribution in [0, 0.1) is 11.3 Å². The Hall–Kier alpha value is -2.51. The molecule has 1 aromatic carbocycles. The van der Waals surface area contributed by atoms with Crippen LogP contribution in [0.5, 0.6) is 0 Å². The summed E-state index contributed by atoms with van der Waals surface area (Å²) < 4.78 is 0. The van der Waals surface area contributed by atoms with Gasteiger partial charge in [0.15, 0.2) is 0 Å². The molecule has 0 unspecified atom stereocenters. The Morgan fingerprint density at radius 1 is 1.35 bits per heavy atom. The molecule has 20 heavy (non-hydrogen) atoms. The van der Waals surface area contributed by atoms with Gasteiger partial charge in [0.25, 0.3) is 0 Å². The van der Waals surface area contributed by atoms with Crippen LogP contribution in [0.4, 0.5) is 5.69 Å². The first-order valence-corrected chi connectivity index (χ1v) is 6.50. The molecule has 0 aliphatic heterocycles. The minimum atomic E-state index is 0.544. The average molecular weight is 283 g/mol. The Kier molecular flexibility index (Phi) is 3.28. The van der Waals surface area contributed by atoms with Crippen molar-refractivity contribution in [2.75, 3.05) is 5.32 Å². The average Bonchev–Trinajstić information content (AvgIpc) is 2.89. The van der Waals surface area contributed by atoms with Crippen LogP contribution in [0.1, 0.15) is 11.1 Å². The van der Waals surface area contributed by atoms with Gasteiger partial charge < -0.3 is 10.3 Å². The summed E-state index contributed by atoms with van der Waals surface area (Å²) in [6.07, 6.45) is 3.69. The van der Waals surface area contributed by atoms with Crippen molar-refractivity contribution in [1.29, 1.82) is 5.26 Å². The Morgan fingerprint density at radius 3 is 3.05 bits per heavy atom. The molecule has 5 heteroatoms. The molecular formula is C15H11ClN4. The highest BCUT2D eigenvalue weighted by molar-refractivity contribution is 6.33. The molecule has 2 N–H and O–H groups in total. The molecule has 0 saturated carbocycles. The molecule has 0 saturated heterocycles. The number of hydrogen-bond donors (Lipinski definition) is 2. The zero-order valence-corrected chi connectivity index (χ0v) is 11.3. The van der Waals surface area contributed by atoms with E-state index in [2.05, 4.69) is 21.4 Å². The maximum absolute atomic E-state index is 8.81. The molecule has 0 fully saturated rings. The number of fused-ring (bicyclic) bond motifs is 1. The summed E-state index contributed by atoms with van der Waals surface area (Å²) in [5.74, 6) is 0. The molecule has 0 aliphatic rings. The van der Waals surface area contributed by atoms with Crippen molar-refractivity contribution < 1.29 is 0 Å². The van der Waals surface area contributed by atoms with Gasteiger partial charge in [0.1, 0.15) is 5.65 Å². The molecule has 0 amide bonds. The molecule has 3 aromatic rings. The van der Waals surface area contributed by atoms with Crippen LogP contribution in [0.2, 0.25) is 5.02 Å². The van der Waals surface area contributed by atoms with Gasteiger partial charge in [-0.15, -0.1) is 0 Å². The summed E-state index contributed by atoms with van der Waals surface area (Å²) >= 11 is 6.13. The maximum atomic E-state index is 8.81. The molecule has 0 atom stereocenters. The molecule has 0 bridgehead atoms. The molecule has 0 radical (unpaired) electrons. The number of anilines is 1. The van der Waals surface area contributed by atoms with Crippen LogP contribution >= 0.6 is 11.6 Å². The standard InChI is InChI=1S/C15H11ClN4/c16-13-6-10(7-17)3-4-14(13)19-8-11-9-20-15-12(11)2-1-5-18-15/h1-6,9,19H,8H2,(H,18,20). The minimum Gasteiger partial charge on any atom is -0.380 e. The third kappa shape index (κ3) is 2.31. The zero-order valence-electron chi connectivity index (χ0n) is 10.5. The van der Waals surface area contributed by atoms with Crippen molar-refractivity contribution >= 4 is 28.3 Å². The van der Waals surface area contributed by atoms with E-state index in [1.54, 1.807) is 18.3 Å². The van der Waals surface area contributed by atoms with Gasteiger partial charge in [0.05, 0.1) is 22.3 Å². The molecule has 0 aliphatic carbocycles. The Labute approximate surface area is 121 Å². The van der Waals surface area contributed by atoms with E-state index in [1.807, 2.05) is 24.4 Å². The number of halogens is 1. The predicted octanol–water partition coefficient (Wildman–Crippen LogP) is 3.70. The maximum Gasteiger partial charge on any atom is 0.137 e. The monoisotopic (exact) mass is 282 g/mol. The molecule has 98 valence electrons. The van der Waals surface area contributed by atoms with Crippen LogP contribution in [0.25, 0.3) is 11.0 Å². The number of benzene rings is 1. The Balaban J connectivity index is 1.81. The number of H-pyrrole nitrogens is 1. The van der Waals surface area contributed by atoms with Gasteiger partial charge >= 0.3 is 0 Å². The van der Waals surface area contributed by atoms with Crippen molar-refractivity contribution in [1.82, 2.24) is 9.97 Å². The van der Waals surface area contributed by atoms with Gasteiger partial charge in [-0.1, -0.05) is 11.6 Å². The first-order chi connectivity index (χ1) is 9.78. The lowest BCUT2D eigenvalue weighted by Gasteiger charge is -2.07. The lowest BCUT2D eigenvalue weighted by molar-refractivity contribution is 1.16. The van der Waals surface area contributed by atoms with Crippen molar-refractivity contribution in [3.8, 4) is 6.07 Å². The van der Waals surface area contributed by atoms with Gasteiger partial charge in [0.2, 0.25) is 0 Å². The number of nitriles is 1. The summed E-state index contributed by atoms with van der Waals surface area (Å²) in [6.45, 7) is 0.636. The van der Waals surface area contributed by atoms with Gasteiger partial charge in [-0.3, -0.25) is 0 Å². The largest absolute Gasteiger partial charge is 0.380 e. The Bertz CT molecular complexity index is 801. The van der Waals surface area contributed by atoms with E-state index in [4.69, 9.17) is 16.9 Å². The van der Waals surface area contributed by atoms with Crippen molar-refractivity contribution in [3.05, 3.63) is 58.9 Å². The second kappa shape index (κ2) is 5.24. The molecular weight excluding hydrogens is 272 g/mol. The molecule has 4 nitrogen and oxygen atoms in total. The molecule has 2 aromatic heterocycles. The number of nitrogens with zero attached hydrogens (tertiary/aromatic N) is 2. The topological polar surface area (TPSA) is 64.5 Å². The minimum absolute atomic E-state index is 0.544. The molecule has 0 spiro atoms. The molecule has 3 rings (SSSR count). The summed E-state index contributed by atoms with van der Waals surface area (Å²) in [6, 6.07) is 11.2. The van der Waals surface area contributed by atoms with Crippen molar-refractivity contribution in [2.45, 2.75) is 6.54 Å². The van der Waals surface area contributed by atoms with Gasteiger partial charge in [-0.05, 0) is 35.9 Å². The van der Waals surface area contributed by atoms with Gasteiger partial charge in [0, 0.05) is 24.3 Å². The highest BCUT2D eigenvalue weighted by Gasteiger charge is 2.05. The first kappa shape index (κ1) is 12.5. The Morgan fingerprint density at radius 2 is 2.25 bits per heavy atom. The van der Waals surface area contributed by atoms with Crippen LogP contribution in [-0.4, -0.2) is 9.97 Å². The van der Waals surface area contributed by atoms with E-state index in [-0.39, 0.29) is 0 Å². The smallest absolute Gasteiger partial charge is 0.137 e. The molecule has 2 heterocycles. The van der Waals surface area contributed by atoms with E-state index in [9.17, 15) is 0 Å². The van der Waals surface area contributed by atoms with E-state index in [1.165, 1.54) is 0 Å². The van der Waals surface area contributed by atoms with E-state index in [0.717, 1.165) is 22.3 Å². The fraction of sp³-hybridized carbons (Fsp3) is 0.0667. The number of pyridine rings is 1. The van der Waals surface area contributed by atoms with E-state index >= 15 is 0 Å². The van der Waals surface area contributed by atoms with Gasteiger partial charge in [-0.2, -0.15) is 5.26 Å². The highest BCUT2D eigenvalue weighted by atomic mass is 35.5. The number of aromatic nitrogens is 2. The third-order valence-corrected chi connectivity index (χ3v) is 3.42. The quantitative estimate of drug-likeness (QED) is 0.770. The summed E-state index contributed by atoms with van der Waals surface area (Å²) in [7, 11) is 0. The predicted molar refractivity (Wildman–Crippen MR) is 79.6 cm³/mol. The lowest BCUT2D eigenvalue weighted by Crippen LogP contribution is -1.99. The van der Waals surface area contributed by atoms with Crippen LogP contribution < -0.4 is 5.32 Å². The lowest BCUT2D eigenvalue weighted by atomic mass is 10.2. The summed E-state index contributed by atoms with van der Waals surface area (Å²) in [5, 5.41) is 13.7. The van der Waals surface area contributed by atoms with Crippen LogP contribution in [0.15, 0.2) is 42.7 Å². The SMILES string of the molecule is N#Cc1ccc(NCc2c[nH]c3ncccc23)c(Cl)c1. The number of hydrogen-bond acceptors (Lipinski definition) is 3.